The number of carbonyl (C=O) groups is 2. The minimum absolute atomic E-state index is 0.0186. The first kappa shape index (κ1) is 12.8. The van der Waals surface area contributed by atoms with Crippen molar-refractivity contribution in [2.24, 2.45) is 11.8 Å². The van der Waals surface area contributed by atoms with E-state index in [4.69, 9.17) is 0 Å². The summed E-state index contributed by atoms with van der Waals surface area (Å²) in [5.74, 6) is -0.399. The lowest BCUT2D eigenvalue weighted by Gasteiger charge is -2.23. The number of hydrogen-bond acceptors (Lipinski definition) is 2. The number of likely N-dealkylation sites (tertiary alicyclic amines) is 1. The first-order valence-electron chi connectivity index (χ1n) is 6.37. The van der Waals surface area contributed by atoms with E-state index in [1.165, 1.54) is 6.92 Å². The summed E-state index contributed by atoms with van der Waals surface area (Å²) >= 11 is 0. The Kier molecular flexibility index (Phi) is 3.50. The summed E-state index contributed by atoms with van der Waals surface area (Å²) in [5.41, 5.74) is 1.11. The second-order valence-electron chi connectivity index (χ2n) is 5.14. The lowest BCUT2D eigenvalue weighted by atomic mass is 9.90. The molecule has 1 aromatic rings. The van der Waals surface area contributed by atoms with Gasteiger partial charge in [0.15, 0.2) is 0 Å². The highest BCUT2D eigenvalue weighted by Crippen LogP contribution is 2.32. The summed E-state index contributed by atoms with van der Waals surface area (Å²) in [6.45, 7) is 6.11. The van der Waals surface area contributed by atoms with Crippen LogP contribution in [0.5, 0.6) is 0 Å². The molecule has 1 amide bonds. The SMILES string of the molecule is CC(=O)[C@H]1C(=O)N(Cc2ccccc2)C(C)[C@@H]1C. The van der Waals surface area contributed by atoms with E-state index in [9.17, 15) is 9.59 Å². The molecule has 1 aliphatic rings. The van der Waals surface area contributed by atoms with Gasteiger partial charge in [-0.3, -0.25) is 9.59 Å². The Morgan fingerprint density at radius 3 is 2.33 bits per heavy atom. The summed E-state index contributed by atoms with van der Waals surface area (Å²) < 4.78 is 0. The van der Waals surface area contributed by atoms with Gasteiger partial charge in [-0.2, -0.15) is 0 Å². The number of amides is 1. The van der Waals surface area contributed by atoms with Gasteiger partial charge < -0.3 is 4.90 Å². The molecule has 2 rings (SSSR count). The molecule has 3 heteroatoms. The molecule has 1 aliphatic heterocycles. The van der Waals surface area contributed by atoms with Crippen LogP contribution in [0.1, 0.15) is 26.3 Å². The molecule has 0 aromatic heterocycles. The Bertz CT molecular complexity index is 455. The quantitative estimate of drug-likeness (QED) is 0.766. The number of benzene rings is 1. The monoisotopic (exact) mass is 245 g/mol. The van der Waals surface area contributed by atoms with Gasteiger partial charge in [0, 0.05) is 12.6 Å². The van der Waals surface area contributed by atoms with Crippen molar-refractivity contribution < 1.29 is 9.59 Å². The van der Waals surface area contributed by atoms with Crippen molar-refractivity contribution >= 4 is 11.7 Å². The molecule has 1 saturated heterocycles. The zero-order chi connectivity index (χ0) is 13.3. The van der Waals surface area contributed by atoms with Crippen LogP contribution in [0.3, 0.4) is 0 Å². The van der Waals surface area contributed by atoms with Crippen molar-refractivity contribution in [3.8, 4) is 0 Å². The van der Waals surface area contributed by atoms with E-state index in [-0.39, 0.29) is 23.7 Å². The highest BCUT2D eigenvalue weighted by Gasteiger charge is 2.45. The summed E-state index contributed by atoms with van der Waals surface area (Å²) in [6.07, 6.45) is 0. The number of carbonyl (C=O) groups excluding carboxylic acids is 2. The van der Waals surface area contributed by atoms with Gasteiger partial charge in [-0.15, -0.1) is 0 Å². The van der Waals surface area contributed by atoms with Crippen LogP contribution in [0, 0.1) is 11.8 Å². The second-order valence-corrected chi connectivity index (χ2v) is 5.14. The molecule has 1 unspecified atom stereocenters. The summed E-state index contributed by atoms with van der Waals surface area (Å²) in [6, 6.07) is 10.0. The van der Waals surface area contributed by atoms with Gasteiger partial charge >= 0.3 is 0 Å². The fraction of sp³-hybridized carbons (Fsp3) is 0.467. The fourth-order valence-electron chi connectivity index (χ4n) is 2.71. The lowest BCUT2D eigenvalue weighted by Crippen LogP contribution is -2.32. The normalized spacial score (nSPS) is 27.6. The molecular formula is C15H19NO2. The van der Waals surface area contributed by atoms with Crippen LogP contribution >= 0.6 is 0 Å². The molecule has 0 radical (unpaired) electrons. The van der Waals surface area contributed by atoms with Crippen LogP contribution in [-0.2, 0) is 16.1 Å². The Morgan fingerprint density at radius 2 is 1.83 bits per heavy atom. The molecule has 1 fully saturated rings. The Hall–Kier alpha value is -1.64. The van der Waals surface area contributed by atoms with E-state index >= 15 is 0 Å². The molecule has 0 N–H and O–H groups in total. The molecule has 3 nitrogen and oxygen atoms in total. The Morgan fingerprint density at radius 1 is 1.22 bits per heavy atom. The zero-order valence-corrected chi connectivity index (χ0v) is 11.1. The maximum atomic E-state index is 12.3. The van der Waals surface area contributed by atoms with Gasteiger partial charge in [-0.1, -0.05) is 37.3 Å². The van der Waals surface area contributed by atoms with E-state index in [1.807, 2.05) is 49.1 Å². The van der Waals surface area contributed by atoms with E-state index in [0.717, 1.165) is 5.56 Å². The molecule has 0 saturated carbocycles. The number of hydrogen-bond donors (Lipinski definition) is 0. The van der Waals surface area contributed by atoms with Gasteiger partial charge in [0.2, 0.25) is 5.91 Å². The first-order chi connectivity index (χ1) is 8.52. The van der Waals surface area contributed by atoms with Crippen LogP contribution < -0.4 is 0 Å². The maximum absolute atomic E-state index is 12.3. The van der Waals surface area contributed by atoms with E-state index in [0.29, 0.717) is 6.54 Å². The third-order valence-corrected chi connectivity index (χ3v) is 3.96. The van der Waals surface area contributed by atoms with Crippen molar-refractivity contribution in [3.63, 3.8) is 0 Å². The summed E-state index contributed by atoms with van der Waals surface area (Å²) in [5, 5.41) is 0. The number of Topliss-reactive ketones (excluding diaryl/α,β-unsaturated/α-hetero) is 1. The molecular weight excluding hydrogens is 226 g/mol. The fourth-order valence-corrected chi connectivity index (χ4v) is 2.71. The third kappa shape index (κ3) is 2.17. The average Bonchev–Trinajstić information content (AvgIpc) is 2.55. The smallest absolute Gasteiger partial charge is 0.234 e. The average molecular weight is 245 g/mol. The maximum Gasteiger partial charge on any atom is 0.234 e. The van der Waals surface area contributed by atoms with Crippen molar-refractivity contribution in [1.29, 1.82) is 0 Å². The van der Waals surface area contributed by atoms with E-state index in [2.05, 4.69) is 0 Å². The molecule has 0 bridgehead atoms. The first-order valence-corrected chi connectivity index (χ1v) is 6.37. The van der Waals surface area contributed by atoms with Crippen molar-refractivity contribution in [2.45, 2.75) is 33.4 Å². The van der Waals surface area contributed by atoms with Crippen LogP contribution in [0.15, 0.2) is 30.3 Å². The van der Waals surface area contributed by atoms with Gasteiger partial charge in [0.25, 0.3) is 0 Å². The molecule has 1 heterocycles. The van der Waals surface area contributed by atoms with E-state index < -0.39 is 5.92 Å². The van der Waals surface area contributed by atoms with Crippen LogP contribution in [0.2, 0.25) is 0 Å². The Labute approximate surface area is 108 Å². The highest BCUT2D eigenvalue weighted by atomic mass is 16.2. The van der Waals surface area contributed by atoms with Gasteiger partial charge in [0.05, 0.1) is 0 Å². The topological polar surface area (TPSA) is 37.4 Å². The molecule has 0 aliphatic carbocycles. The Balaban J connectivity index is 2.19. The standard InChI is InChI=1S/C15H19NO2/c1-10-11(2)16(15(18)14(10)12(3)17)9-13-7-5-4-6-8-13/h4-8,10-11,14H,9H2,1-3H3/t10-,11?,14-/m0/s1. The second kappa shape index (κ2) is 4.92. The molecule has 0 spiro atoms. The third-order valence-electron chi connectivity index (χ3n) is 3.96. The minimum Gasteiger partial charge on any atom is -0.335 e. The zero-order valence-electron chi connectivity index (χ0n) is 11.1. The molecule has 18 heavy (non-hydrogen) atoms. The highest BCUT2D eigenvalue weighted by molar-refractivity contribution is 6.02. The van der Waals surface area contributed by atoms with Gasteiger partial charge in [-0.05, 0) is 25.3 Å². The van der Waals surface area contributed by atoms with Crippen molar-refractivity contribution in [3.05, 3.63) is 35.9 Å². The largest absolute Gasteiger partial charge is 0.335 e. The van der Waals surface area contributed by atoms with Gasteiger partial charge in [0.1, 0.15) is 11.7 Å². The van der Waals surface area contributed by atoms with Crippen LogP contribution in [0.25, 0.3) is 0 Å². The minimum atomic E-state index is -0.455. The lowest BCUT2D eigenvalue weighted by molar-refractivity contribution is -0.137. The van der Waals surface area contributed by atoms with Crippen molar-refractivity contribution in [1.82, 2.24) is 4.90 Å². The van der Waals surface area contributed by atoms with Crippen LogP contribution in [0.4, 0.5) is 0 Å². The van der Waals surface area contributed by atoms with Gasteiger partial charge in [-0.25, -0.2) is 0 Å². The van der Waals surface area contributed by atoms with Crippen molar-refractivity contribution in [2.75, 3.05) is 0 Å². The predicted octanol–water partition coefficient (Wildman–Crippen LogP) is 2.26. The molecule has 1 aromatic carbocycles. The van der Waals surface area contributed by atoms with E-state index in [1.54, 1.807) is 0 Å². The predicted molar refractivity (Wildman–Crippen MR) is 69.8 cm³/mol. The summed E-state index contributed by atoms with van der Waals surface area (Å²) in [7, 11) is 0. The molecule has 3 atom stereocenters. The summed E-state index contributed by atoms with van der Waals surface area (Å²) in [4.78, 5) is 25.7. The number of nitrogens with zero attached hydrogens (tertiary/aromatic N) is 1. The number of ketones is 1. The number of rotatable bonds is 3. The van der Waals surface area contributed by atoms with Crippen LogP contribution in [-0.4, -0.2) is 22.6 Å². The molecule has 96 valence electrons.